The molecule has 0 aromatic carbocycles. The first kappa shape index (κ1) is 20.4. The molecule has 0 saturated carbocycles. The van der Waals surface area contributed by atoms with E-state index in [2.05, 4.69) is 6.92 Å². The SMILES string of the molecule is CCCCCCCCCCCCCC(=O)O.[K]. The zero-order valence-electron chi connectivity index (χ0n) is 11.8. The van der Waals surface area contributed by atoms with Crippen LogP contribution in [0.2, 0.25) is 0 Å². The number of carboxylic acid groups (broad SMARTS) is 1. The van der Waals surface area contributed by atoms with Crippen molar-refractivity contribution in [1.29, 1.82) is 0 Å². The fraction of sp³-hybridized carbons (Fsp3) is 0.929. The number of rotatable bonds is 12. The van der Waals surface area contributed by atoms with Crippen molar-refractivity contribution >= 4 is 57.4 Å². The quantitative estimate of drug-likeness (QED) is 0.420. The second-order valence-corrected chi connectivity index (χ2v) is 4.68. The summed E-state index contributed by atoms with van der Waals surface area (Å²) >= 11 is 0. The van der Waals surface area contributed by atoms with Gasteiger partial charge >= 0.3 is 5.97 Å². The average molecular weight is 267 g/mol. The summed E-state index contributed by atoms with van der Waals surface area (Å²) in [7, 11) is 0. The smallest absolute Gasteiger partial charge is 0.303 e. The molecule has 0 aliphatic heterocycles. The minimum Gasteiger partial charge on any atom is -0.481 e. The van der Waals surface area contributed by atoms with Gasteiger partial charge in [0.25, 0.3) is 0 Å². The molecular weight excluding hydrogens is 239 g/mol. The van der Waals surface area contributed by atoms with Crippen molar-refractivity contribution in [1.82, 2.24) is 0 Å². The summed E-state index contributed by atoms with van der Waals surface area (Å²) in [5.41, 5.74) is 0. The number of aliphatic carboxylic acids is 1. The Morgan fingerprint density at radius 3 is 1.47 bits per heavy atom. The first-order valence-electron chi connectivity index (χ1n) is 6.99. The van der Waals surface area contributed by atoms with Gasteiger partial charge in [-0.25, -0.2) is 0 Å². The molecule has 0 amide bonds. The number of hydrogen-bond acceptors (Lipinski definition) is 1. The molecule has 0 aromatic rings. The first-order chi connectivity index (χ1) is 7.77. The van der Waals surface area contributed by atoms with Crippen LogP contribution < -0.4 is 0 Å². The van der Waals surface area contributed by atoms with E-state index in [0.717, 1.165) is 12.8 Å². The van der Waals surface area contributed by atoms with Crippen LogP contribution in [0.15, 0.2) is 0 Å². The number of hydrogen-bond donors (Lipinski definition) is 1. The van der Waals surface area contributed by atoms with Crippen LogP contribution in [0.3, 0.4) is 0 Å². The van der Waals surface area contributed by atoms with Crippen LogP contribution >= 0.6 is 0 Å². The summed E-state index contributed by atoms with van der Waals surface area (Å²) in [5, 5.41) is 8.46. The molecule has 0 unspecified atom stereocenters. The van der Waals surface area contributed by atoms with E-state index >= 15 is 0 Å². The Hall–Kier alpha value is 1.11. The van der Waals surface area contributed by atoms with E-state index in [-0.39, 0.29) is 51.4 Å². The molecule has 0 aromatic heterocycles. The third-order valence-corrected chi connectivity index (χ3v) is 2.99. The van der Waals surface area contributed by atoms with E-state index < -0.39 is 5.97 Å². The van der Waals surface area contributed by atoms with Gasteiger partial charge in [-0.2, -0.15) is 0 Å². The van der Waals surface area contributed by atoms with Gasteiger partial charge in [-0.05, 0) is 6.42 Å². The largest absolute Gasteiger partial charge is 0.481 e. The molecule has 0 heterocycles. The van der Waals surface area contributed by atoms with Crippen molar-refractivity contribution in [3.05, 3.63) is 0 Å². The number of unbranched alkanes of at least 4 members (excludes halogenated alkanes) is 10. The molecule has 0 saturated heterocycles. The van der Waals surface area contributed by atoms with Gasteiger partial charge in [0.05, 0.1) is 0 Å². The topological polar surface area (TPSA) is 37.3 Å². The van der Waals surface area contributed by atoms with Gasteiger partial charge in [0.2, 0.25) is 0 Å². The van der Waals surface area contributed by atoms with Crippen molar-refractivity contribution in [2.24, 2.45) is 0 Å². The molecule has 3 heteroatoms. The maximum absolute atomic E-state index is 10.3. The van der Waals surface area contributed by atoms with Crippen LogP contribution in [0.5, 0.6) is 0 Å². The van der Waals surface area contributed by atoms with Gasteiger partial charge in [0, 0.05) is 57.8 Å². The maximum Gasteiger partial charge on any atom is 0.303 e. The van der Waals surface area contributed by atoms with Crippen molar-refractivity contribution in [3.63, 3.8) is 0 Å². The van der Waals surface area contributed by atoms with Crippen LogP contribution in [-0.2, 0) is 4.79 Å². The Morgan fingerprint density at radius 2 is 1.12 bits per heavy atom. The zero-order chi connectivity index (χ0) is 12.1. The van der Waals surface area contributed by atoms with E-state index in [1.54, 1.807) is 0 Å². The molecule has 1 N–H and O–H groups in total. The summed E-state index contributed by atoms with van der Waals surface area (Å²) < 4.78 is 0. The van der Waals surface area contributed by atoms with Crippen LogP contribution in [0.4, 0.5) is 0 Å². The average Bonchev–Trinajstić information content (AvgIpc) is 2.25. The summed E-state index contributed by atoms with van der Waals surface area (Å²) in [5.74, 6) is -0.657. The molecule has 17 heavy (non-hydrogen) atoms. The van der Waals surface area contributed by atoms with Gasteiger partial charge in [-0.1, -0.05) is 71.1 Å². The normalized spacial score (nSPS) is 9.94. The third-order valence-electron chi connectivity index (χ3n) is 2.99. The van der Waals surface area contributed by atoms with E-state index in [1.807, 2.05) is 0 Å². The van der Waals surface area contributed by atoms with Gasteiger partial charge in [0.15, 0.2) is 0 Å². The molecule has 0 spiro atoms. The van der Waals surface area contributed by atoms with Gasteiger partial charge in [-0.3, -0.25) is 4.79 Å². The summed E-state index contributed by atoms with van der Waals surface area (Å²) in [4.78, 5) is 10.3. The molecule has 0 fully saturated rings. The summed E-state index contributed by atoms with van der Waals surface area (Å²) in [6, 6.07) is 0. The Morgan fingerprint density at radius 1 is 0.765 bits per heavy atom. The van der Waals surface area contributed by atoms with Crippen molar-refractivity contribution in [2.45, 2.75) is 84.0 Å². The Labute approximate surface area is 149 Å². The predicted octanol–water partition coefficient (Wildman–Crippen LogP) is 4.39. The Balaban J connectivity index is 0. The maximum atomic E-state index is 10.3. The zero-order valence-corrected chi connectivity index (χ0v) is 15.0. The van der Waals surface area contributed by atoms with Gasteiger partial charge in [0.1, 0.15) is 0 Å². The molecule has 0 rings (SSSR count). The van der Waals surface area contributed by atoms with E-state index in [1.165, 1.54) is 57.8 Å². The van der Waals surface area contributed by atoms with Crippen LogP contribution in [-0.4, -0.2) is 62.5 Å². The summed E-state index contributed by atoms with van der Waals surface area (Å²) in [6.07, 6.45) is 14.4. The summed E-state index contributed by atoms with van der Waals surface area (Å²) in [6.45, 7) is 2.25. The molecule has 97 valence electrons. The standard InChI is InChI=1S/C14H28O2.K/c1-2-3-4-5-6-7-8-9-10-11-12-13-14(15)16;/h2-13H2,1H3,(H,15,16);. The van der Waals surface area contributed by atoms with E-state index in [0.29, 0.717) is 6.42 Å². The molecular formula is C14H28KO2. The molecule has 0 bridgehead atoms. The van der Waals surface area contributed by atoms with Crippen LogP contribution in [0.25, 0.3) is 0 Å². The predicted molar refractivity (Wildman–Crippen MR) is 74.5 cm³/mol. The van der Waals surface area contributed by atoms with E-state index in [9.17, 15) is 4.79 Å². The van der Waals surface area contributed by atoms with Crippen molar-refractivity contribution in [3.8, 4) is 0 Å². The van der Waals surface area contributed by atoms with Crippen molar-refractivity contribution in [2.75, 3.05) is 0 Å². The monoisotopic (exact) mass is 267 g/mol. The second kappa shape index (κ2) is 17.1. The fourth-order valence-corrected chi connectivity index (χ4v) is 1.94. The van der Waals surface area contributed by atoms with Crippen molar-refractivity contribution < 1.29 is 9.90 Å². The molecule has 0 aliphatic carbocycles. The molecule has 1 radical (unpaired) electrons. The molecule has 0 aliphatic rings. The van der Waals surface area contributed by atoms with Gasteiger partial charge in [-0.15, -0.1) is 0 Å². The Kier molecular flexibility index (Phi) is 20.6. The minimum absolute atomic E-state index is 0. The molecule has 2 nitrogen and oxygen atoms in total. The first-order valence-corrected chi connectivity index (χ1v) is 6.99. The third kappa shape index (κ3) is 19.6. The number of carboxylic acids is 1. The molecule has 0 atom stereocenters. The van der Waals surface area contributed by atoms with Crippen LogP contribution in [0, 0.1) is 0 Å². The van der Waals surface area contributed by atoms with Gasteiger partial charge < -0.3 is 5.11 Å². The van der Waals surface area contributed by atoms with Crippen LogP contribution in [0.1, 0.15) is 84.0 Å². The number of carbonyl (C=O) groups is 1. The van der Waals surface area contributed by atoms with E-state index in [4.69, 9.17) is 5.11 Å². The Bertz CT molecular complexity index is 160. The fourth-order valence-electron chi connectivity index (χ4n) is 1.94. The minimum atomic E-state index is -0.657. The second-order valence-electron chi connectivity index (χ2n) is 4.68.